The van der Waals surface area contributed by atoms with E-state index in [1.54, 1.807) is 0 Å². The molecule has 5 heteroatoms. The highest BCUT2D eigenvalue weighted by Gasteiger charge is 2.31. The Morgan fingerprint density at radius 1 is 1.22 bits per heavy atom. The number of benzene rings is 1. The third-order valence-corrected chi connectivity index (χ3v) is 4.72. The lowest BCUT2D eigenvalue weighted by Gasteiger charge is -2.23. The molecule has 1 unspecified atom stereocenters. The maximum atomic E-state index is 12.0. The Balaban J connectivity index is 1.43. The summed E-state index contributed by atoms with van der Waals surface area (Å²) in [4.78, 5) is 14.5. The van der Waals surface area contributed by atoms with Crippen LogP contribution in [0.5, 0.6) is 0 Å². The fraction of sp³-hybridized carbons (Fsp3) is 0.611. The van der Waals surface area contributed by atoms with Crippen molar-refractivity contribution < 1.29 is 9.53 Å². The number of ether oxygens (including phenoxy) is 1. The average molecular weight is 317 g/mol. The van der Waals surface area contributed by atoms with E-state index >= 15 is 0 Å². The summed E-state index contributed by atoms with van der Waals surface area (Å²) in [5, 5.41) is 5.93. The first-order valence-electron chi connectivity index (χ1n) is 8.57. The molecule has 2 N–H and O–H groups in total. The molecule has 2 amide bonds. The van der Waals surface area contributed by atoms with Gasteiger partial charge in [-0.2, -0.15) is 0 Å². The summed E-state index contributed by atoms with van der Waals surface area (Å²) in [6, 6.07) is 8.41. The van der Waals surface area contributed by atoms with E-state index in [4.69, 9.17) is 4.74 Å². The number of carbonyl (C=O) groups excluding carboxylic acids is 1. The predicted octanol–water partition coefficient (Wildman–Crippen LogP) is 2.26. The molecule has 2 fully saturated rings. The standard InChI is InChI=1S/C18H27N3O2/c1-18(8-11-23-14-18)20-17(22)19-12-15-4-6-16(7-5-15)13-21-9-2-3-10-21/h4-7H,2-3,8-14H2,1H3,(H2,19,20,22). The van der Waals surface area contributed by atoms with Gasteiger partial charge in [0.15, 0.2) is 0 Å². The number of hydrogen-bond donors (Lipinski definition) is 2. The van der Waals surface area contributed by atoms with Crippen molar-refractivity contribution in [1.82, 2.24) is 15.5 Å². The van der Waals surface area contributed by atoms with Crippen LogP contribution in [0.2, 0.25) is 0 Å². The zero-order chi connectivity index (χ0) is 16.1. The van der Waals surface area contributed by atoms with Gasteiger partial charge in [-0.1, -0.05) is 24.3 Å². The highest BCUT2D eigenvalue weighted by Crippen LogP contribution is 2.17. The summed E-state index contributed by atoms with van der Waals surface area (Å²) in [5.41, 5.74) is 2.23. The van der Waals surface area contributed by atoms with Crippen LogP contribution < -0.4 is 10.6 Å². The zero-order valence-electron chi connectivity index (χ0n) is 13.9. The number of urea groups is 1. The molecule has 126 valence electrons. The Hall–Kier alpha value is -1.59. The Bertz CT molecular complexity index is 518. The number of amides is 2. The second kappa shape index (κ2) is 7.32. The molecule has 0 aromatic heterocycles. The number of carbonyl (C=O) groups is 1. The highest BCUT2D eigenvalue weighted by atomic mass is 16.5. The second-order valence-electron chi connectivity index (χ2n) is 6.97. The van der Waals surface area contributed by atoms with Crippen molar-refractivity contribution in [3.05, 3.63) is 35.4 Å². The number of nitrogens with one attached hydrogen (secondary N) is 2. The van der Waals surface area contributed by atoms with Gasteiger partial charge in [-0.3, -0.25) is 4.90 Å². The fourth-order valence-electron chi connectivity index (χ4n) is 3.23. The minimum Gasteiger partial charge on any atom is -0.379 e. The predicted molar refractivity (Wildman–Crippen MR) is 90.2 cm³/mol. The SMILES string of the molecule is CC1(NC(=O)NCc2ccc(CN3CCCC3)cc2)CCOC1. The first-order valence-corrected chi connectivity index (χ1v) is 8.57. The van der Waals surface area contributed by atoms with Crippen LogP contribution in [0.15, 0.2) is 24.3 Å². The average Bonchev–Trinajstić information content (AvgIpc) is 3.18. The van der Waals surface area contributed by atoms with Crippen molar-refractivity contribution in [3.8, 4) is 0 Å². The molecule has 2 heterocycles. The normalized spacial score (nSPS) is 24.7. The van der Waals surface area contributed by atoms with Crippen molar-refractivity contribution in [2.75, 3.05) is 26.3 Å². The number of rotatable bonds is 5. The lowest BCUT2D eigenvalue weighted by molar-refractivity contribution is 0.170. The van der Waals surface area contributed by atoms with E-state index in [1.165, 1.54) is 31.5 Å². The van der Waals surface area contributed by atoms with E-state index in [-0.39, 0.29) is 11.6 Å². The Morgan fingerprint density at radius 3 is 2.57 bits per heavy atom. The van der Waals surface area contributed by atoms with Crippen LogP contribution in [0.3, 0.4) is 0 Å². The summed E-state index contributed by atoms with van der Waals surface area (Å²) in [6.07, 6.45) is 3.51. The van der Waals surface area contributed by atoms with Crippen molar-refractivity contribution >= 4 is 6.03 Å². The Kier molecular flexibility index (Phi) is 5.18. The van der Waals surface area contributed by atoms with E-state index in [2.05, 4.69) is 39.8 Å². The van der Waals surface area contributed by atoms with Gasteiger partial charge in [-0.15, -0.1) is 0 Å². The third-order valence-electron chi connectivity index (χ3n) is 4.72. The van der Waals surface area contributed by atoms with Gasteiger partial charge in [0, 0.05) is 19.7 Å². The molecule has 0 radical (unpaired) electrons. The molecule has 0 saturated carbocycles. The summed E-state index contributed by atoms with van der Waals surface area (Å²) in [5.74, 6) is 0. The highest BCUT2D eigenvalue weighted by molar-refractivity contribution is 5.74. The van der Waals surface area contributed by atoms with E-state index in [0.29, 0.717) is 13.2 Å². The smallest absolute Gasteiger partial charge is 0.315 e. The quantitative estimate of drug-likeness (QED) is 0.876. The van der Waals surface area contributed by atoms with Crippen molar-refractivity contribution in [3.63, 3.8) is 0 Å². The summed E-state index contributed by atoms with van der Waals surface area (Å²) < 4.78 is 5.34. The summed E-state index contributed by atoms with van der Waals surface area (Å²) in [6.45, 7) is 7.34. The summed E-state index contributed by atoms with van der Waals surface area (Å²) in [7, 11) is 0. The first kappa shape index (κ1) is 16.3. The molecule has 0 bridgehead atoms. The minimum atomic E-state index is -0.232. The van der Waals surface area contributed by atoms with Gasteiger partial charge in [-0.05, 0) is 50.4 Å². The van der Waals surface area contributed by atoms with Gasteiger partial charge in [0.2, 0.25) is 0 Å². The van der Waals surface area contributed by atoms with Crippen LogP contribution in [0.1, 0.15) is 37.3 Å². The van der Waals surface area contributed by atoms with Crippen LogP contribution in [0.25, 0.3) is 0 Å². The van der Waals surface area contributed by atoms with Crippen LogP contribution in [-0.4, -0.2) is 42.8 Å². The topological polar surface area (TPSA) is 53.6 Å². The third kappa shape index (κ3) is 4.69. The second-order valence-corrected chi connectivity index (χ2v) is 6.97. The molecule has 2 aliphatic rings. The minimum absolute atomic E-state index is 0.126. The molecule has 2 saturated heterocycles. The maximum absolute atomic E-state index is 12.0. The number of hydrogen-bond acceptors (Lipinski definition) is 3. The van der Waals surface area contributed by atoms with Crippen molar-refractivity contribution in [2.24, 2.45) is 0 Å². The van der Waals surface area contributed by atoms with Gasteiger partial charge in [0.25, 0.3) is 0 Å². The molecule has 0 aliphatic carbocycles. The van der Waals surface area contributed by atoms with Crippen LogP contribution in [-0.2, 0) is 17.8 Å². The maximum Gasteiger partial charge on any atom is 0.315 e. The molecule has 0 spiro atoms. The van der Waals surface area contributed by atoms with Gasteiger partial charge in [0.05, 0.1) is 12.1 Å². The molecule has 3 rings (SSSR count). The van der Waals surface area contributed by atoms with Crippen LogP contribution in [0, 0.1) is 0 Å². The number of nitrogens with zero attached hydrogens (tertiary/aromatic N) is 1. The van der Waals surface area contributed by atoms with E-state index in [1.807, 2.05) is 6.92 Å². The first-order chi connectivity index (χ1) is 11.1. The monoisotopic (exact) mass is 317 g/mol. The molecule has 2 aliphatic heterocycles. The van der Waals surface area contributed by atoms with Crippen molar-refractivity contribution in [2.45, 2.75) is 44.8 Å². The van der Waals surface area contributed by atoms with Crippen LogP contribution >= 0.6 is 0 Å². The van der Waals surface area contributed by atoms with E-state index in [0.717, 1.165) is 25.1 Å². The van der Waals surface area contributed by atoms with Gasteiger partial charge in [-0.25, -0.2) is 4.79 Å². The van der Waals surface area contributed by atoms with E-state index < -0.39 is 0 Å². The largest absolute Gasteiger partial charge is 0.379 e. The van der Waals surface area contributed by atoms with Gasteiger partial charge in [0.1, 0.15) is 0 Å². The fourth-order valence-corrected chi connectivity index (χ4v) is 3.23. The molecule has 5 nitrogen and oxygen atoms in total. The number of likely N-dealkylation sites (tertiary alicyclic amines) is 1. The molecule has 1 aromatic carbocycles. The van der Waals surface area contributed by atoms with Crippen molar-refractivity contribution in [1.29, 1.82) is 0 Å². The molecule has 23 heavy (non-hydrogen) atoms. The van der Waals surface area contributed by atoms with Crippen LogP contribution in [0.4, 0.5) is 4.79 Å². The lowest BCUT2D eigenvalue weighted by atomic mass is 10.0. The molecule has 1 aromatic rings. The molecular formula is C18H27N3O2. The Labute approximate surface area is 138 Å². The van der Waals surface area contributed by atoms with Gasteiger partial charge < -0.3 is 15.4 Å². The summed E-state index contributed by atoms with van der Waals surface area (Å²) >= 11 is 0. The van der Waals surface area contributed by atoms with Gasteiger partial charge >= 0.3 is 6.03 Å². The molecule has 1 atom stereocenters. The molecular weight excluding hydrogens is 290 g/mol. The van der Waals surface area contributed by atoms with E-state index in [9.17, 15) is 4.79 Å². The lowest BCUT2D eigenvalue weighted by Crippen LogP contribution is -2.50. The zero-order valence-corrected chi connectivity index (χ0v) is 13.9. The Morgan fingerprint density at radius 2 is 1.91 bits per heavy atom.